The largest absolute Gasteiger partial charge is 0.388 e. The molecule has 1 fully saturated rings. The van der Waals surface area contributed by atoms with E-state index in [2.05, 4.69) is 40.7 Å². The van der Waals surface area contributed by atoms with Crippen LogP contribution in [0.2, 0.25) is 0 Å². The fraction of sp³-hybridized carbons (Fsp3) is 0.467. The molecule has 100 valence electrons. The fourth-order valence-electron chi connectivity index (χ4n) is 2.56. The van der Waals surface area contributed by atoms with E-state index in [4.69, 9.17) is 0 Å². The molecule has 0 amide bonds. The molecule has 1 aromatic carbocycles. The highest BCUT2D eigenvalue weighted by Crippen LogP contribution is 2.40. The highest BCUT2D eigenvalue weighted by Gasteiger charge is 2.36. The summed E-state index contributed by atoms with van der Waals surface area (Å²) >= 11 is 0. The van der Waals surface area contributed by atoms with Crippen molar-refractivity contribution in [1.29, 1.82) is 0 Å². The lowest BCUT2D eigenvalue weighted by Crippen LogP contribution is -2.25. The number of benzene rings is 1. The van der Waals surface area contributed by atoms with E-state index in [1.54, 1.807) is 0 Å². The van der Waals surface area contributed by atoms with E-state index in [9.17, 15) is 5.11 Å². The van der Waals surface area contributed by atoms with Gasteiger partial charge in [0.2, 0.25) is 0 Å². The molecule has 1 N–H and O–H groups in total. The van der Waals surface area contributed by atoms with Gasteiger partial charge in [0.25, 0.3) is 0 Å². The molecule has 1 aliphatic rings. The maximum absolute atomic E-state index is 9.42. The van der Waals surface area contributed by atoms with Crippen LogP contribution < -0.4 is 0 Å². The molecule has 4 nitrogen and oxygen atoms in total. The summed E-state index contributed by atoms with van der Waals surface area (Å²) in [7, 11) is 0. The predicted octanol–water partition coefficient (Wildman–Crippen LogP) is 2.43. The molecular weight excluding hydrogens is 238 g/mol. The molecule has 0 saturated heterocycles. The van der Waals surface area contributed by atoms with E-state index in [1.165, 1.54) is 5.56 Å². The highest BCUT2D eigenvalue weighted by molar-refractivity contribution is 5.31. The van der Waals surface area contributed by atoms with E-state index >= 15 is 0 Å². The number of aliphatic hydroxyl groups is 1. The molecule has 1 aliphatic carbocycles. The number of hydrogen-bond acceptors (Lipinski definition) is 3. The number of nitrogens with zero attached hydrogens (tertiary/aromatic N) is 3. The summed E-state index contributed by atoms with van der Waals surface area (Å²) in [5, 5.41) is 17.9. The average molecular weight is 257 g/mol. The van der Waals surface area contributed by atoms with Gasteiger partial charge >= 0.3 is 0 Å². The van der Waals surface area contributed by atoms with Crippen molar-refractivity contribution in [3.8, 4) is 0 Å². The molecule has 0 aliphatic heterocycles. The summed E-state index contributed by atoms with van der Waals surface area (Å²) in [5.74, 6) is 1.63. The molecule has 0 radical (unpaired) electrons. The Balaban J connectivity index is 2.08. The summed E-state index contributed by atoms with van der Waals surface area (Å²) in [5.41, 5.74) is 1.01. The quantitative estimate of drug-likeness (QED) is 0.915. The van der Waals surface area contributed by atoms with Gasteiger partial charge in [-0.2, -0.15) is 0 Å². The molecule has 0 atom stereocenters. The minimum Gasteiger partial charge on any atom is -0.388 e. The minimum atomic E-state index is -0.204. The normalized spacial score (nSPS) is 15.7. The number of hydrogen-bond donors (Lipinski definition) is 1. The lowest BCUT2D eigenvalue weighted by Gasteiger charge is -2.25. The summed E-state index contributed by atoms with van der Waals surface area (Å²) in [6.07, 6.45) is 2.31. The van der Waals surface area contributed by atoms with Crippen LogP contribution in [-0.4, -0.2) is 19.9 Å². The lowest BCUT2D eigenvalue weighted by atomic mass is 9.83. The molecule has 2 aromatic rings. The van der Waals surface area contributed by atoms with E-state index in [1.807, 2.05) is 18.2 Å². The predicted molar refractivity (Wildman–Crippen MR) is 72.8 cm³/mol. The Hall–Kier alpha value is -1.68. The second-order valence-corrected chi connectivity index (χ2v) is 5.69. The Morgan fingerprint density at radius 1 is 1.21 bits per heavy atom. The van der Waals surface area contributed by atoms with Gasteiger partial charge in [-0.25, -0.2) is 0 Å². The Labute approximate surface area is 113 Å². The van der Waals surface area contributed by atoms with Crippen molar-refractivity contribution >= 4 is 0 Å². The number of aromatic nitrogens is 3. The van der Waals surface area contributed by atoms with Gasteiger partial charge in [-0.3, -0.25) is 0 Å². The van der Waals surface area contributed by atoms with Crippen molar-refractivity contribution in [1.82, 2.24) is 14.8 Å². The van der Waals surface area contributed by atoms with Gasteiger partial charge in [0.1, 0.15) is 12.4 Å². The SMILES string of the molecule is CC(C)(c1ccccc1)c1nnc(CO)n1C1CC1. The van der Waals surface area contributed by atoms with E-state index < -0.39 is 0 Å². The zero-order valence-corrected chi connectivity index (χ0v) is 11.4. The zero-order valence-electron chi connectivity index (χ0n) is 11.4. The zero-order chi connectivity index (χ0) is 13.5. The molecule has 0 unspecified atom stereocenters. The molecule has 0 spiro atoms. The van der Waals surface area contributed by atoms with Gasteiger partial charge in [0, 0.05) is 11.5 Å². The second-order valence-electron chi connectivity index (χ2n) is 5.69. The van der Waals surface area contributed by atoms with Crippen LogP contribution >= 0.6 is 0 Å². The smallest absolute Gasteiger partial charge is 0.159 e. The van der Waals surface area contributed by atoms with Crippen molar-refractivity contribution in [3.63, 3.8) is 0 Å². The van der Waals surface area contributed by atoms with Crippen LogP contribution in [0.25, 0.3) is 0 Å². The fourth-order valence-corrected chi connectivity index (χ4v) is 2.56. The molecular formula is C15H19N3O. The van der Waals surface area contributed by atoms with Crippen LogP contribution in [0.4, 0.5) is 0 Å². The second kappa shape index (κ2) is 4.46. The van der Waals surface area contributed by atoms with Gasteiger partial charge < -0.3 is 9.67 Å². The highest BCUT2D eigenvalue weighted by atomic mass is 16.3. The van der Waals surface area contributed by atoms with Crippen LogP contribution in [0.15, 0.2) is 30.3 Å². The molecule has 1 aromatic heterocycles. The Kier molecular flexibility index (Phi) is 2.90. The van der Waals surface area contributed by atoms with Crippen molar-refractivity contribution in [2.24, 2.45) is 0 Å². The maximum atomic E-state index is 9.42. The van der Waals surface area contributed by atoms with Crippen LogP contribution in [0.1, 0.15) is 49.9 Å². The molecule has 4 heteroatoms. The van der Waals surface area contributed by atoms with Gasteiger partial charge in [-0.05, 0) is 32.3 Å². The molecule has 1 saturated carbocycles. The Morgan fingerprint density at radius 3 is 2.47 bits per heavy atom. The topological polar surface area (TPSA) is 50.9 Å². The van der Waals surface area contributed by atoms with Crippen molar-refractivity contribution in [2.75, 3.05) is 0 Å². The average Bonchev–Trinajstić information content (AvgIpc) is 3.18. The van der Waals surface area contributed by atoms with Crippen LogP contribution in [0.5, 0.6) is 0 Å². The Bertz CT molecular complexity index is 570. The summed E-state index contributed by atoms with van der Waals surface area (Å²) in [6, 6.07) is 10.8. The van der Waals surface area contributed by atoms with Crippen molar-refractivity contribution in [2.45, 2.75) is 44.8 Å². The first kappa shape index (κ1) is 12.4. The van der Waals surface area contributed by atoms with Gasteiger partial charge in [0.05, 0.1) is 0 Å². The van der Waals surface area contributed by atoms with Crippen LogP contribution in [0, 0.1) is 0 Å². The van der Waals surface area contributed by atoms with Gasteiger partial charge in [0.15, 0.2) is 5.82 Å². The molecule has 0 bridgehead atoms. The Morgan fingerprint density at radius 2 is 1.89 bits per heavy atom. The van der Waals surface area contributed by atoms with Crippen molar-refractivity contribution in [3.05, 3.63) is 47.5 Å². The van der Waals surface area contributed by atoms with Crippen LogP contribution in [0.3, 0.4) is 0 Å². The van der Waals surface area contributed by atoms with E-state index in [0.29, 0.717) is 11.9 Å². The van der Waals surface area contributed by atoms with E-state index in [0.717, 1.165) is 18.7 Å². The molecule has 1 heterocycles. The maximum Gasteiger partial charge on any atom is 0.159 e. The third kappa shape index (κ3) is 2.06. The monoisotopic (exact) mass is 257 g/mol. The number of rotatable bonds is 4. The van der Waals surface area contributed by atoms with Crippen LogP contribution in [-0.2, 0) is 12.0 Å². The first-order valence-electron chi connectivity index (χ1n) is 6.75. The number of aliphatic hydroxyl groups excluding tert-OH is 1. The minimum absolute atomic E-state index is 0.0473. The van der Waals surface area contributed by atoms with Gasteiger partial charge in [-0.1, -0.05) is 30.3 Å². The van der Waals surface area contributed by atoms with Crippen molar-refractivity contribution < 1.29 is 5.11 Å². The van der Waals surface area contributed by atoms with Gasteiger partial charge in [-0.15, -0.1) is 10.2 Å². The standard InChI is InChI=1S/C15H19N3O/c1-15(2,11-6-4-3-5-7-11)14-17-16-13(10-19)18(14)12-8-9-12/h3-7,12,19H,8-10H2,1-2H3. The first-order valence-corrected chi connectivity index (χ1v) is 6.75. The molecule has 19 heavy (non-hydrogen) atoms. The summed E-state index contributed by atoms with van der Waals surface area (Å²) in [6.45, 7) is 4.27. The first-order chi connectivity index (χ1) is 9.14. The van der Waals surface area contributed by atoms with E-state index in [-0.39, 0.29) is 12.0 Å². The molecule has 3 rings (SSSR count). The summed E-state index contributed by atoms with van der Waals surface area (Å²) in [4.78, 5) is 0. The third-order valence-electron chi connectivity index (χ3n) is 3.87. The summed E-state index contributed by atoms with van der Waals surface area (Å²) < 4.78 is 2.13. The lowest BCUT2D eigenvalue weighted by molar-refractivity contribution is 0.263. The third-order valence-corrected chi connectivity index (χ3v) is 3.87.